The second kappa shape index (κ2) is 9.87. The van der Waals surface area contributed by atoms with Gasteiger partial charge in [-0.2, -0.15) is 5.10 Å². The summed E-state index contributed by atoms with van der Waals surface area (Å²) in [7, 11) is 3.74. The zero-order valence-corrected chi connectivity index (χ0v) is 19.0. The van der Waals surface area contributed by atoms with Crippen molar-refractivity contribution in [2.24, 2.45) is 0 Å². The van der Waals surface area contributed by atoms with Crippen molar-refractivity contribution in [2.45, 2.75) is 39.5 Å². The number of nitrogens with zero attached hydrogens (tertiary/aromatic N) is 4. The molecule has 0 aliphatic carbocycles. The molecule has 1 aromatic heterocycles. The van der Waals surface area contributed by atoms with E-state index in [-0.39, 0.29) is 0 Å². The first-order chi connectivity index (χ1) is 14.4. The first-order valence-corrected chi connectivity index (χ1v) is 10.5. The number of hydrogen-bond donors (Lipinski definition) is 0. The van der Waals surface area contributed by atoms with E-state index < -0.39 is 0 Å². The number of hydrogen-bond acceptors (Lipinski definition) is 4. The van der Waals surface area contributed by atoms with Gasteiger partial charge in [0.1, 0.15) is 5.75 Å². The number of ether oxygens (including phenoxy) is 1. The Morgan fingerprint density at radius 1 is 1.17 bits per heavy atom. The van der Waals surface area contributed by atoms with Crippen LogP contribution in [-0.2, 0) is 19.8 Å². The smallest absolute Gasteiger partial charge is 0.199 e. The van der Waals surface area contributed by atoms with Crippen LogP contribution in [-0.4, -0.2) is 33.4 Å². The minimum absolute atomic E-state index is 0.539. The summed E-state index contributed by atoms with van der Waals surface area (Å²) in [6.45, 7) is 10.3. The van der Waals surface area contributed by atoms with Crippen LogP contribution in [0.25, 0.3) is 11.4 Å². The largest absolute Gasteiger partial charge is 0.496 e. The minimum Gasteiger partial charge on any atom is -0.496 e. The Labute approximate surface area is 184 Å². The lowest BCUT2D eigenvalue weighted by atomic mass is 10.0. The average Bonchev–Trinajstić information content (AvgIpc) is 3.04. The Hall–Kier alpha value is -2.70. The highest BCUT2D eigenvalue weighted by Gasteiger charge is 2.16. The number of para-hydroxylation sites is 1. The van der Waals surface area contributed by atoms with Gasteiger partial charge in [-0.25, -0.2) is 4.68 Å². The monoisotopic (exact) mass is 422 g/mol. The predicted molar refractivity (Wildman–Crippen MR) is 125 cm³/mol. The summed E-state index contributed by atoms with van der Waals surface area (Å²) in [6, 6.07) is 16.7. The van der Waals surface area contributed by atoms with E-state index in [4.69, 9.17) is 22.1 Å². The maximum absolute atomic E-state index is 5.73. The van der Waals surface area contributed by atoms with Crippen molar-refractivity contribution in [3.63, 3.8) is 0 Å². The third-order valence-corrected chi connectivity index (χ3v) is 5.49. The maximum Gasteiger partial charge on any atom is 0.199 e. The quantitative estimate of drug-likeness (QED) is 0.337. The van der Waals surface area contributed by atoms with Crippen LogP contribution in [0.3, 0.4) is 0 Å². The van der Waals surface area contributed by atoms with Crippen molar-refractivity contribution in [2.75, 3.05) is 14.2 Å². The molecule has 0 atom stereocenters. The zero-order valence-electron chi connectivity index (χ0n) is 18.2. The van der Waals surface area contributed by atoms with Gasteiger partial charge in [-0.1, -0.05) is 56.3 Å². The van der Waals surface area contributed by atoms with Crippen molar-refractivity contribution in [1.29, 1.82) is 0 Å². The summed E-state index contributed by atoms with van der Waals surface area (Å²) in [6.07, 6.45) is 1.83. The molecule has 0 saturated heterocycles. The Bertz CT molecular complexity index is 1050. The topological polar surface area (TPSA) is 35.2 Å². The van der Waals surface area contributed by atoms with Crippen molar-refractivity contribution in [3.8, 4) is 17.1 Å². The molecule has 3 rings (SSSR count). The fourth-order valence-electron chi connectivity index (χ4n) is 3.45. The molecule has 6 heteroatoms. The molecule has 0 bridgehead atoms. The van der Waals surface area contributed by atoms with Gasteiger partial charge in [-0.3, -0.25) is 9.47 Å². The molecule has 30 heavy (non-hydrogen) atoms. The van der Waals surface area contributed by atoms with Crippen LogP contribution in [0.15, 0.2) is 61.2 Å². The molecule has 0 spiro atoms. The first-order valence-electron chi connectivity index (χ1n) is 10.1. The summed E-state index contributed by atoms with van der Waals surface area (Å²) in [5.41, 5.74) is 3.54. The Morgan fingerprint density at radius 2 is 1.87 bits per heavy atom. The van der Waals surface area contributed by atoms with E-state index in [9.17, 15) is 0 Å². The summed E-state index contributed by atoms with van der Waals surface area (Å²) in [5.74, 6) is 2.10. The number of rotatable bonds is 9. The van der Waals surface area contributed by atoms with Gasteiger partial charge in [0.2, 0.25) is 0 Å². The Kier molecular flexibility index (Phi) is 7.24. The summed E-state index contributed by atoms with van der Waals surface area (Å²) >= 11 is 5.73. The predicted octanol–water partition coefficient (Wildman–Crippen LogP) is 5.49. The fourth-order valence-corrected chi connectivity index (χ4v) is 3.71. The lowest BCUT2D eigenvalue weighted by Gasteiger charge is -2.17. The lowest BCUT2D eigenvalue weighted by Crippen LogP contribution is -2.22. The highest BCUT2D eigenvalue weighted by molar-refractivity contribution is 7.71. The molecule has 0 saturated carbocycles. The molecular formula is C24H30N4OS. The van der Waals surface area contributed by atoms with Crippen LogP contribution < -0.4 is 4.74 Å². The normalized spacial score (nSPS) is 11.3. The van der Waals surface area contributed by atoms with Crippen LogP contribution in [0.5, 0.6) is 5.75 Å². The van der Waals surface area contributed by atoms with Gasteiger partial charge >= 0.3 is 0 Å². The van der Waals surface area contributed by atoms with Gasteiger partial charge in [0, 0.05) is 13.1 Å². The van der Waals surface area contributed by atoms with Gasteiger partial charge < -0.3 is 4.74 Å². The number of aromatic nitrogens is 3. The number of allylic oxidation sites excluding steroid dienone is 1. The van der Waals surface area contributed by atoms with Gasteiger partial charge in [-0.15, -0.1) is 6.58 Å². The van der Waals surface area contributed by atoms with Gasteiger partial charge in [0.25, 0.3) is 0 Å². The molecule has 2 aromatic carbocycles. The number of benzene rings is 2. The van der Waals surface area contributed by atoms with Crippen LogP contribution >= 0.6 is 12.2 Å². The van der Waals surface area contributed by atoms with E-state index in [1.54, 1.807) is 7.11 Å². The number of methoxy groups -OCH3 is 1. The molecule has 158 valence electrons. The first kappa shape index (κ1) is 22.0. The van der Waals surface area contributed by atoms with Gasteiger partial charge in [0.05, 0.1) is 19.3 Å². The molecule has 0 amide bonds. The van der Waals surface area contributed by atoms with Crippen molar-refractivity contribution < 1.29 is 4.74 Å². The van der Waals surface area contributed by atoms with Crippen LogP contribution in [0.4, 0.5) is 0 Å². The molecule has 0 N–H and O–H groups in total. The third kappa shape index (κ3) is 4.89. The summed E-state index contributed by atoms with van der Waals surface area (Å²) in [4.78, 5) is 2.21. The van der Waals surface area contributed by atoms with Crippen molar-refractivity contribution in [1.82, 2.24) is 19.2 Å². The molecule has 5 nitrogen and oxygen atoms in total. The van der Waals surface area contributed by atoms with Gasteiger partial charge in [0.15, 0.2) is 10.6 Å². The summed E-state index contributed by atoms with van der Waals surface area (Å²) in [5, 5.41) is 4.83. The van der Waals surface area contributed by atoms with E-state index in [0.29, 0.717) is 23.9 Å². The zero-order chi connectivity index (χ0) is 21.7. The van der Waals surface area contributed by atoms with Crippen molar-refractivity contribution >= 4 is 12.2 Å². The van der Waals surface area contributed by atoms with E-state index in [0.717, 1.165) is 23.7 Å². The SMILES string of the molecule is C=CCn1c(-c2ccccc2OC)nn(CN(C)Cc2ccc(C(C)C)cc2)c1=S. The molecule has 3 aromatic rings. The molecule has 1 heterocycles. The molecule has 0 unspecified atom stereocenters. The van der Waals surface area contributed by atoms with E-state index >= 15 is 0 Å². The molecule has 0 fully saturated rings. The minimum atomic E-state index is 0.539. The summed E-state index contributed by atoms with van der Waals surface area (Å²) < 4.78 is 10.1. The van der Waals surface area contributed by atoms with E-state index in [1.165, 1.54) is 11.1 Å². The Morgan fingerprint density at radius 3 is 2.50 bits per heavy atom. The highest BCUT2D eigenvalue weighted by atomic mass is 32.1. The van der Waals surface area contributed by atoms with Crippen LogP contribution in [0.2, 0.25) is 0 Å². The van der Waals surface area contributed by atoms with Crippen LogP contribution in [0.1, 0.15) is 30.9 Å². The second-order valence-electron chi connectivity index (χ2n) is 7.76. The van der Waals surface area contributed by atoms with Crippen LogP contribution in [0, 0.1) is 4.77 Å². The third-order valence-electron chi connectivity index (χ3n) is 5.06. The molecule has 0 radical (unpaired) electrons. The van der Waals surface area contributed by atoms with Crippen molar-refractivity contribution in [3.05, 3.63) is 77.1 Å². The lowest BCUT2D eigenvalue weighted by molar-refractivity contribution is 0.244. The maximum atomic E-state index is 5.73. The highest BCUT2D eigenvalue weighted by Crippen LogP contribution is 2.28. The standard InChI is InChI=1S/C24H30N4OS/c1-6-15-27-23(21-9-7-8-10-22(21)29-5)25-28(24(27)30)17-26(4)16-19-11-13-20(14-12-19)18(2)3/h6-14,18H,1,15-17H2,2-5H3. The Balaban J connectivity index is 1.85. The van der Waals surface area contributed by atoms with E-state index in [1.807, 2.05) is 39.6 Å². The van der Waals surface area contributed by atoms with E-state index in [2.05, 4.69) is 56.6 Å². The second-order valence-corrected chi connectivity index (χ2v) is 8.12. The average molecular weight is 423 g/mol. The van der Waals surface area contributed by atoms with Gasteiger partial charge in [-0.05, 0) is 48.4 Å². The molecular weight excluding hydrogens is 392 g/mol. The fraction of sp³-hybridized carbons (Fsp3) is 0.333. The molecule has 0 aliphatic heterocycles. The molecule has 0 aliphatic rings.